The Morgan fingerprint density at radius 2 is 1.93 bits per heavy atom. The number of hydrogen-bond donors (Lipinski definition) is 4. The van der Waals surface area contributed by atoms with Gasteiger partial charge < -0.3 is 39.4 Å². The molecule has 0 bridgehead atoms. The molecule has 0 unspecified atom stereocenters. The van der Waals surface area contributed by atoms with Gasteiger partial charge >= 0.3 is 5.97 Å². The van der Waals surface area contributed by atoms with Crippen LogP contribution in [0.25, 0.3) is 0 Å². The fourth-order valence-corrected chi connectivity index (χ4v) is 3.96. The number of ketones is 1. The van der Waals surface area contributed by atoms with Crippen molar-refractivity contribution in [3.05, 3.63) is 11.8 Å². The van der Waals surface area contributed by atoms with Gasteiger partial charge in [-0.25, -0.2) is 4.79 Å². The summed E-state index contributed by atoms with van der Waals surface area (Å²) in [5.41, 5.74) is 0.102. The number of esters is 1. The van der Waals surface area contributed by atoms with Gasteiger partial charge in [0.05, 0.1) is 31.5 Å². The lowest BCUT2D eigenvalue weighted by molar-refractivity contribution is -0.342. The van der Waals surface area contributed by atoms with Gasteiger partial charge in [-0.2, -0.15) is 0 Å². The maximum Gasteiger partial charge on any atom is 0.337 e. The van der Waals surface area contributed by atoms with Crippen molar-refractivity contribution in [1.82, 2.24) is 0 Å². The number of hydrogen-bond acceptors (Lipinski definition) is 10. The molecule has 0 amide bonds. The van der Waals surface area contributed by atoms with Gasteiger partial charge in [0, 0.05) is 12.3 Å². The average Bonchev–Trinajstić information content (AvgIpc) is 2.96. The molecule has 4 N–H and O–H groups in total. The van der Waals surface area contributed by atoms with Gasteiger partial charge in [-0.05, 0) is 5.92 Å². The Morgan fingerprint density at radius 3 is 2.56 bits per heavy atom. The summed E-state index contributed by atoms with van der Waals surface area (Å²) in [6.07, 6.45) is -6.93. The molecule has 152 valence electrons. The second kappa shape index (κ2) is 7.82. The minimum atomic E-state index is -1.59. The number of fused-ring (bicyclic) bond motifs is 1. The molecule has 1 aliphatic carbocycles. The van der Waals surface area contributed by atoms with E-state index in [-0.39, 0.29) is 23.7 Å². The van der Waals surface area contributed by atoms with Crippen LogP contribution >= 0.6 is 0 Å². The Kier molecular flexibility index (Phi) is 5.84. The number of aliphatic hydroxyl groups excluding tert-OH is 4. The molecular weight excluding hydrogens is 364 g/mol. The van der Waals surface area contributed by atoms with Gasteiger partial charge in [-0.1, -0.05) is 6.92 Å². The third-order valence-electron chi connectivity index (χ3n) is 5.43. The first-order valence-electron chi connectivity index (χ1n) is 8.72. The summed E-state index contributed by atoms with van der Waals surface area (Å²) in [5, 5.41) is 39.1. The number of Topliss-reactive ketones (excluding diaryl/α,β-unsaturated/α-hetero) is 1. The van der Waals surface area contributed by atoms with Crippen LogP contribution < -0.4 is 0 Å². The molecular formula is C17H24O10. The van der Waals surface area contributed by atoms with Crippen LogP contribution in [0.15, 0.2) is 11.8 Å². The first-order chi connectivity index (χ1) is 12.8. The quantitative estimate of drug-likeness (QED) is 0.400. The van der Waals surface area contributed by atoms with Crippen LogP contribution in [0.4, 0.5) is 0 Å². The summed E-state index contributed by atoms with van der Waals surface area (Å²) >= 11 is 0. The standard InChI is InChI=1S/C17H24O10/c1-6-3-8(19)11-7(15(23)24-2)5-25-16(10(6)11)27-17-14(22)13(21)12(20)9(4-18)26-17/h5-6,9-14,16-18,20-22H,3-4H2,1-2H3/t6-,9+,10-,11-,12-,13-,14-,16+,17-/m1/s1. The highest BCUT2D eigenvalue weighted by molar-refractivity contribution is 5.99. The van der Waals surface area contributed by atoms with Crippen molar-refractivity contribution in [2.24, 2.45) is 17.8 Å². The number of ether oxygens (including phenoxy) is 4. The normalized spacial score (nSPS) is 44.3. The smallest absolute Gasteiger partial charge is 0.337 e. The summed E-state index contributed by atoms with van der Waals surface area (Å²) in [4.78, 5) is 24.4. The zero-order chi connectivity index (χ0) is 19.9. The molecule has 0 spiro atoms. The van der Waals surface area contributed by atoms with E-state index in [1.54, 1.807) is 0 Å². The Labute approximate surface area is 155 Å². The fraction of sp³-hybridized carbons (Fsp3) is 0.765. The van der Waals surface area contributed by atoms with E-state index in [1.165, 1.54) is 7.11 Å². The predicted octanol–water partition coefficient (Wildman–Crippen LogP) is -1.94. The van der Waals surface area contributed by atoms with Crippen LogP contribution in [0.3, 0.4) is 0 Å². The first kappa shape index (κ1) is 20.2. The van der Waals surface area contributed by atoms with Gasteiger partial charge in [-0.15, -0.1) is 0 Å². The second-order valence-corrected chi connectivity index (χ2v) is 7.11. The van der Waals surface area contributed by atoms with Gasteiger partial charge in [0.1, 0.15) is 30.2 Å². The molecule has 3 rings (SSSR count). The highest BCUT2D eigenvalue weighted by Crippen LogP contribution is 2.45. The molecule has 1 saturated carbocycles. The van der Waals surface area contributed by atoms with Crippen molar-refractivity contribution in [2.75, 3.05) is 13.7 Å². The summed E-state index contributed by atoms with van der Waals surface area (Å²) < 4.78 is 21.2. The van der Waals surface area contributed by atoms with Crippen molar-refractivity contribution < 1.29 is 49.0 Å². The fourth-order valence-electron chi connectivity index (χ4n) is 3.96. The monoisotopic (exact) mass is 388 g/mol. The number of carbonyl (C=O) groups excluding carboxylic acids is 2. The highest BCUT2D eigenvalue weighted by atomic mass is 16.8. The van der Waals surface area contributed by atoms with E-state index in [0.717, 1.165) is 6.26 Å². The maximum atomic E-state index is 12.4. The molecule has 10 heteroatoms. The molecule has 9 atom stereocenters. The molecule has 0 radical (unpaired) electrons. The van der Waals surface area contributed by atoms with E-state index >= 15 is 0 Å². The van der Waals surface area contributed by atoms with E-state index in [4.69, 9.17) is 18.9 Å². The van der Waals surface area contributed by atoms with E-state index in [1.807, 2.05) is 6.92 Å². The van der Waals surface area contributed by atoms with Gasteiger partial charge in [0.15, 0.2) is 6.29 Å². The molecule has 2 aliphatic heterocycles. The number of rotatable bonds is 4. The Balaban J connectivity index is 1.82. The molecule has 0 aromatic carbocycles. The van der Waals surface area contributed by atoms with Gasteiger partial charge in [-0.3, -0.25) is 4.79 Å². The summed E-state index contributed by atoms with van der Waals surface area (Å²) in [5.74, 6) is -2.28. The predicted molar refractivity (Wildman–Crippen MR) is 85.6 cm³/mol. The molecule has 1 saturated heterocycles. The molecule has 0 aromatic rings. The van der Waals surface area contributed by atoms with E-state index in [0.29, 0.717) is 0 Å². The topological polar surface area (TPSA) is 152 Å². The lowest BCUT2D eigenvalue weighted by Gasteiger charge is -2.42. The largest absolute Gasteiger partial charge is 0.472 e. The highest BCUT2D eigenvalue weighted by Gasteiger charge is 2.54. The van der Waals surface area contributed by atoms with E-state index < -0.39 is 61.4 Å². The van der Waals surface area contributed by atoms with Crippen molar-refractivity contribution in [3.8, 4) is 0 Å². The third kappa shape index (κ3) is 3.48. The minimum absolute atomic E-state index is 0.102. The van der Waals surface area contributed by atoms with Crippen molar-refractivity contribution in [3.63, 3.8) is 0 Å². The lowest BCUT2D eigenvalue weighted by atomic mass is 9.83. The third-order valence-corrected chi connectivity index (χ3v) is 5.43. The average molecular weight is 388 g/mol. The summed E-state index contributed by atoms with van der Waals surface area (Å²) in [6.45, 7) is 1.22. The van der Waals surface area contributed by atoms with E-state index in [2.05, 4.69) is 0 Å². The molecule has 0 aromatic heterocycles. The second-order valence-electron chi connectivity index (χ2n) is 7.11. The Hall–Kier alpha value is -1.56. The Bertz CT molecular complexity index is 617. The van der Waals surface area contributed by atoms with Gasteiger partial charge in [0.25, 0.3) is 0 Å². The molecule has 3 aliphatic rings. The Morgan fingerprint density at radius 1 is 1.22 bits per heavy atom. The maximum absolute atomic E-state index is 12.4. The van der Waals surface area contributed by atoms with Crippen molar-refractivity contribution in [2.45, 2.75) is 50.3 Å². The number of methoxy groups -OCH3 is 1. The molecule has 2 heterocycles. The van der Waals surface area contributed by atoms with Crippen molar-refractivity contribution >= 4 is 11.8 Å². The summed E-state index contributed by atoms with van der Waals surface area (Å²) in [7, 11) is 1.21. The van der Waals surface area contributed by atoms with Crippen LogP contribution in [-0.4, -0.2) is 82.9 Å². The summed E-state index contributed by atoms with van der Waals surface area (Å²) in [6, 6.07) is 0. The molecule has 27 heavy (non-hydrogen) atoms. The minimum Gasteiger partial charge on any atom is -0.472 e. The number of carbonyl (C=O) groups is 2. The number of aliphatic hydroxyl groups is 4. The molecule has 2 fully saturated rings. The van der Waals surface area contributed by atoms with Gasteiger partial charge in [0.2, 0.25) is 6.29 Å². The van der Waals surface area contributed by atoms with Crippen LogP contribution in [-0.2, 0) is 28.5 Å². The van der Waals surface area contributed by atoms with Crippen LogP contribution in [0, 0.1) is 17.8 Å². The van der Waals surface area contributed by atoms with Crippen LogP contribution in [0.5, 0.6) is 0 Å². The van der Waals surface area contributed by atoms with E-state index in [9.17, 15) is 30.0 Å². The lowest BCUT2D eigenvalue weighted by Crippen LogP contribution is -2.60. The van der Waals surface area contributed by atoms with Crippen molar-refractivity contribution in [1.29, 1.82) is 0 Å². The first-order valence-corrected chi connectivity index (χ1v) is 8.72. The zero-order valence-electron chi connectivity index (χ0n) is 14.9. The molecule has 10 nitrogen and oxygen atoms in total. The van der Waals surface area contributed by atoms with Crippen LogP contribution in [0.1, 0.15) is 13.3 Å². The van der Waals surface area contributed by atoms with Crippen LogP contribution in [0.2, 0.25) is 0 Å². The SMILES string of the molecule is COC(=O)C1=CO[C@@H](O[C@H]2O[C@@H](CO)[C@@H](O)[C@@H](O)[C@H]2O)[C@H]2[C@H]1C(=O)C[C@H]2C. The zero-order valence-corrected chi connectivity index (χ0v) is 14.9.